The lowest BCUT2D eigenvalue weighted by Gasteiger charge is -2.25. The zero-order chi connectivity index (χ0) is 12.7. The normalized spacial score (nSPS) is 11.0. The molecule has 0 saturated heterocycles. The molecular formula is C13H19NO3. The van der Waals surface area contributed by atoms with Crippen molar-refractivity contribution < 1.29 is 14.3 Å². The highest BCUT2D eigenvalue weighted by atomic mass is 16.5. The predicted molar refractivity (Wildman–Crippen MR) is 65.7 cm³/mol. The first-order valence-electron chi connectivity index (χ1n) is 5.51. The van der Waals surface area contributed by atoms with Crippen LogP contribution in [0.1, 0.15) is 19.4 Å². The molecule has 0 atom stereocenters. The van der Waals surface area contributed by atoms with Crippen LogP contribution in [0.15, 0.2) is 30.3 Å². The summed E-state index contributed by atoms with van der Waals surface area (Å²) in [5, 5.41) is 2.71. The van der Waals surface area contributed by atoms with Crippen LogP contribution in [-0.4, -0.2) is 25.3 Å². The van der Waals surface area contributed by atoms with E-state index < -0.39 is 11.6 Å². The Morgan fingerprint density at radius 2 is 1.94 bits per heavy atom. The number of amides is 1. The van der Waals surface area contributed by atoms with Gasteiger partial charge >= 0.3 is 6.09 Å². The minimum atomic E-state index is -0.446. The summed E-state index contributed by atoms with van der Waals surface area (Å²) in [7, 11) is 1.34. The molecule has 0 unspecified atom stereocenters. The molecule has 4 nitrogen and oxygen atoms in total. The first-order valence-corrected chi connectivity index (χ1v) is 5.51. The van der Waals surface area contributed by atoms with Gasteiger partial charge in [-0.15, -0.1) is 0 Å². The summed E-state index contributed by atoms with van der Waals surface area (Å²) in [5.74, 6) is 0. The summed E-state index contributed by atoms with van der Waals surface area (Å²) in [6, 6.07) is 9.90. The molecule has 1 N–H and O–H groups in total. The molecule has 1 rings (SSSR count). The topological polar surface area (TPSA) is 47.6 Å². The maximum atomic E-state index is 11.1. The van der Waals surface area contributed by atoms with E-state index in [-0.39, 0.29) is 0 Å². The predicted octanol–water partition coefficient (Wildman–Crippen LogP) is 2.34. The molecule has 0 aliphatic carbocycles. The SMILES string of the molecule is COC(=O)NC(C)(C)COCc1ccccc1. The average Bonchev–Trinajstić information content (AvgIpc) is 2.29. The lowest BCUT2D eigenvalue weighted by molar-refractivity contribution is 0.0678. The first kappa shape index (κ1) is 13.5. The Morgan fingerprint density at radius 1 is 1.29 bits per heavy atom. The summed E-state index contributed by atoms with van der Waals surface area (Å²) in [5.41, 5.74) is 0.670. The maximum Gasteiger partial charge on any atom is 0.407 e. The Hall–Kier alpha value is -1.55. The summed E-state index contributed by atoms with van der Waals surface area (Å²) >= 11 is 0. The second-order valence-corrected chi connectivity index (χ2v) is 4.48. The van der Waals surface area contributed by atoms with Crippen LogP contribution in [0, 0.1) is 0 Å². The number of methoxy groups -OCH3 is 1. The Labute approximate surface area is 102 Å². The third-order valence-corrected chi connectivity index (χ3v) is 2.20. The molecule has 4 heteroatoms. The van der Waals surface area contributed by atoms with Crippen molar-refractivity contribution in [2.45, 2.75) is 26.0 Å². The number of nitrogens with one attached hydrogen (secondary N) is 1. The van der Waals surface area contributed by atoms with E-state index in [2.05, 4.69) is 10.1 Å². The second kappa shape index (κ2) is 6.25. The second-order valence-electron chi connectivity index (χ2n) is 4.48. The largest absolute Gasteiger partial charge is 0.453 e. The van der Waals surface area contributed by atoms with E-state index >= 15 is 0 Å². The van der Waals surface area contributed by atoms with E-state index in [0.717, 1.165) is 5.56 Å². The number of benzene rings is 1. The quantitative estimate of drug-likeness (QED) is 0.855. The van der Waals surface area contributed by atoms with Crippen molar-refractivity contribution in [1.82, 2.24) is 5.32 Å². The number of hydrogen-bond donors (Lipinski definition) is 1. The van der Waals surface area contributed by atoms with E-state index in [1.54, 1.807) is 0 Å². The van der Waals surface area contributed by atoms with Crippen molar-refractivity contribution in [3.8, 4) is 0 Å². The Kier molecular flexibility index (Phi) is 4.97. The van der Waals surface area contributed by atoms with Gasteiger partial charge in [-0.2, -0.15) is 0 Å². The third-order valence-electron chi connectivity index (χ3n) is 2.20. The molecule has 1 aromatic carbocycles. The van der Waals surface area contributed by atoms with Crippen molar-refractivity contribution in [3.05, 3.63) is 35.9 Å². The van der Waals surface area contributed by atoms with Crippen LogP contribution in [-0.2, 0) is 16.1 Å². The number of carbonyl (C=O) groups excluding carboxylic acids is 1. The van der Waals surface area contributed by atoms with Crippen LogP contribution in [0.5, 0.6) is 0 Å². The van der Waals surface area contributed by atoms with Gasteiger partial charge in [0.15, 0.2) is 0 Å². The Morgan fingerprint density at radius 3 is 2.53 bits per heavy atom. The van der Waals surface area contributed by atoms with Crippen LogP contribution in [0.4, 0.5) is 4.79 Å². The summed E-state index contributed by atoms with van der Waals surface area (Å²) < 4.78 is 10.1. The van der Waals surface area contributed by atoms with Crippen LogP contribution in [0.2, 0.25) is 0 Å². The summed E-state index contributed by atoms with van der Waals surface area (Å²) in [4.78, 5) is 11.1. The van der Waals surface area contributed by atoms with E-state index in [1.807, 2.05) is 44.2 Å². The molecule has 0 heterocycles. The average molecular weight is 237 g/mol. The summed E-state index contributed by atoms with van der Waals surface area (Å²) in [6.45, 7) is 4.73. The highest BCUT2D eigenvalue weighted by Crippen LogP contribution is 2.06. The molecule has 94 valence electrons. The molecule has 0 bridgehead atoms. The smallest absolute Gasteiger partial charge is 0.407 e. The lowest BCUT2D eigenvalue weighted by atomic mass is 10.1. The fourth-order valence-electron chi connectivity index (χ4n) is 1.36. The van der Waals surface area contributed by atoms with Gasteiger partial charge in [-0.05, 0) is 19.4 Å². The van der Waals surface area contributed by atoms with Gasteiger partial charge in [-0.25, -0.2) is 4.79 Å². The van der Waals surface area contributed by atoms with Gasteiger partial charge in [0, 0.05) is 0 Å². The van der Waals surface area contributed by atoms with Crippen molar-refractivity contribution >= 4 is 6.09 Å². The monoisotopic (exact) mass is 237 g/mol. The van der Waals surface area contributed by atoms with E-state index in [0.29, 0.717) is 13.2 Å². The Bertz CT molecular complexity index is 349. The fourth-order valence-corrected chi connectivity index (χ4v) is 1.36. The molecule has 0 aliphatic rings. The van der Waals surface area contributed by atoms with Crippen LogP contribution < -0.4 is 5.32 Å². The highest BCUT2D eigenvalue weighted by molar-refractivity contribution is 5.67. The van der Waals surface area contributed by atoms with Crippen LogP contribution in [0.25, 0.3) is 0 Å². The van der Waals surface area contributed by atoms with Gasteiger partial charge in [0.05, 0.1) is 25.9 Å². The van der Waals surface area contributed by atoms with Crippen LogP contribution >= 0.6 is 0 Å². The van der Waals surface area contributed by atoms with E-state index in [9.17, 15) is 4.79 Å². The molecule has 1 aromatic rings. The van der Waals surface area contributed by atoms with Gasteiger partial charge in [0.25, 0.3) is 0 Å². The van der Waals surface area contributed by atoms with E-state index in [4.69, 9.17) is 4.74 Å². The van der Waals surface area contributed by atoms with Crippen LogP contribution in [0.3, 0.4) is 0 Å². The zero-order valence-electron chi connectivity index (χ0n) is 10.5. The fraction of sp³-hybridized carbons (Fsp3) is 0.462. The molecular weight excluding hydrogens is 218 g/mol. The van der Waals surface area contributed by atoms with Gasteiger partial charge in [0.2, 0.25) is 0 Å². The maximum absolute atomic E-state index is 11.1. The minimum absolute atomic E-state index is 0.428. The molecule has 1 amide bonds. The zero-order valence-corrected chi connectivity index (χ0v) is 10.5. The number of rotatable bonds is 5. The van der Waals surface area contributed by atoms with Gasteiger partial charge in [-0.3, -0.25) is 0 Å². The number of carbonyl (C=O) groups is 1. The summed E-state index contributed by atoms with van der Waals surface area (Å²) in [6.07, 6.45) is -0.446. The third kappa shape index (κ3) is 5.36. The molecule has 0 radical (unpaired) electrons. The van der Waals surface area contributed by atoms with Gasteiger partial charge < -0.3 is 14.8 Å². The molecule has 0 saturated carbocycles. The molecule has 0 spiro atoms. The molecule has 0 aromatic heterocycles. The molecule has 0 fully saturated rings. The number of hydrogen-bond acceptors (Lipinski definition) is 3. The van der Waals surface area contributed by atoms with Crippen molar-refractivity contribution in [3.63, 3.8) is 0 Å². The van der Waals surface area contributed by atoms with Crippen molar-refractivity contribution in [2.75, 3.05) is 13.7 Å². The lowest BCUT2D eigenvalue weighted by Crippen LogP contribution is -2.46. The number of alkyl carbamates (subject to hydrolysis) is 1. The van der Waals surface area contributed by atoms with Gasteiger partial charge in [0.1, 0.15) is 0 Å². The van der Waals surface area contributed by atoms with Crippen molar-refractivity contribution in [1.29, 1.82) is 0 Å². The van der Waals surface area contributed by atoms with Gasteiger partial charge in [-0.1, -0.05) is 30.3 Å². The minimum Gasteiger partial charge on any atom is -0.453 e. The number of ether oxygens (including phenoxy) is 2. The van der Waals surface area contributed by atoms with E-state index in [1.165, 1.54) is 7.11 Å². The molecule has 17 heavy (non-hydrogen) atoms. The van der Waals surface area contributed by atoms with Crippen molar-refractivity contribution in [2.24, 2.45) is 0 Å². The first-order chi connectivity index (χ1) is 8.03. The molecule has 0 aliphatic heterocycles. The standard InChI is InChI=1S/C13H19NO3/c1-13(2,14-12(15)16-3)10-17-9-11-7-5-4-6-8-11/h4-8H,9-10H2,1-3H3,(H,14,15). The highest BCUT2D eigenvalue weighted by Gasteiger charge is 2.20. The Balaban J connectivity index is 2.32.